The molecule has 1 atom stereocenters. The Morgan fingerprint density at radius 1 is 1.50 bits per heavy atom. The summed E-state index contributed by atoms with van der Waals surface area (Å²) in [5.41, 5.74) is 0. The predicted octanol–water partition coefficient (Wildman–Crippen LogP) is 1.40. The third-order valence-corrected chi connectivity index (χ3v) is 1.99. The normalized spacial score (nSPS) is 15.5. The molecule has 0 amide bonds. The first-order valence-corrected chi connectivity index (χ1v) is 3.21. The maximum Gasteiger partial charge on any atom is 0.107 e. The molecule has 0 radical (unpaired) electrons. The molecule has 38 valence electrons. The molecule has 0 aliphatic carbocycles. The van der Waals surface area contributed by atoms with Crippen LogP contribution in [-0.4, -0.2) is 9.22 Å². The van der Waals surface area contributed by atoms with E-state index in [2.05, 4.69) is 0 Å². The molecular formula is C4H9IO. The van der Waals surface area contributed by atoms with E-state index in [0.717, 1.165) is 0 Å². The summed E-state index contributed by atoms with van der Waals surface area (Å²) in [6.07, 6.45) is 0. The van der Waals surface area contributed by atoms with Gasteiger partial charge in [-0.05, 0) is 5.92 Å². The molecule has 0 aromatic rings. The maximum atomic E-state index is 8.62. The molecule has 0 heterocycles. The third kappa shape index (κ3) is 2.90. The number of hydrogen-bond donors (Lipinski definition) is 1. The zero-order valence-electron chi connectivity index (χ0n) is 3.98. The van der Waals surface area contributed by atoms with Crippen LogP contribution in [0.3, 0.4) is 0 Å². The van der Waals surface area contributed by atoms with Gasteiger partial charge in [-0.15, -0.1) is 0 Å². The van der Waals surface area contributed by atoms with Crippen molar-refractivity contribution in [3.05, 3.63) is 0 Å². The fraction of sp³-hybridized carbons (Fsp3) is 1.00. The van der Waals surface area contributed by atoms with E-state index >= 15 is 0 Å². The molecule has 6 heavy (non-hydrogen) atoms. The van der Waals surface area contributed by atoms with Crippen molar-refractivity contribution >= 4 is 22.6 Å². The van der Waals surface area contributed by atoms with Gasteiger partial charge in [-0.1, -0.05) is 36.4 Å². The zero-order chi connectivity index (χ0) is 5.15. The molecular weight excluding hydrogens is 191 g/mol. The third-order valence-electron chi connectivity index (χ3n) is 0.550. The standard InChI is InChI=1S/C4H9IO/c1-3(2)4(5)6/h3-4,6H,1-2H3/t4-/m1/s1. The minimum atomic E-state index is -0.178. The lowest BCUT2D eigenvalue weighted by Crippen LogP contribution is -2.03. The number of rotatable bonds is 1. The van der Waals surface area contributed by atoms with Crippen LogP contribution in [0.2, 0.25) is 0 Å². The van der Waals surface area contributed by atoms with E-state index in [4.69, 9.17) is 5.11 Å². The molecule has 0 aliphatic heterocycles. The Kier molecular flexibility index (Phi) is 3.12. The summed E-state index contributed by atoms with van der Waals surface area (Å²) < 4.78 is -0.178. The van der Waals surface area contributed by atoms with Crippen molar-refractivity contribution in [3.63, 3.8) is 0 Å². The molecule has 1 N–H and O–H groups in total. The summed E-state index contributed by atoms with van der Waals surface area (Å²) >= 11 is 1.99. The smallest absolute Gasteiger partial charge is 0.107 e. The molecule has 0 spiro atoms. The second-order valence-corrected chi connectivity index (χ2v) is 2.89. The van der Waals surface area contributed by atoms with Gasteiger partial charge in [-0.2, -0.15) is 0 Å². The summed E-state index contributed by atoms with van der Waals surface area (Å²) in [6, 6.07) is 0. The molecule has 0 aromatic carbocycles. The Morgan fingerprint density at radius 3 is 1.67 bits per heavy atom. The summed E-state index contributed by atoms with van der Waals surface area (Å²) in [7, 11) is 0. The van der Waals surface area contributed by atoms with Crippen LogP contribution in [-0.2, 0) is 0 Å². The second-order valence-electron chi connectivity index (χ2n) is 1.62. The SMILES string of the molecule is CC(C)[C@@H](O)I. The molecule has 0 aromatic heterocycles. The van der Waals surface area contributed by atoms with Crippen molar-refractivity contribution in [2.24, 2.45) is 5.92 Å². The Morgan fingerprint density at radius 2 is 1.67 bits per heavy atom. The lowest BCUT2D eigenvalue weighted by atomic mass is 10.2. The summed E-state index contributed by atoms with van der Waals surface area (Å²) in [4.78, 5) is 0. The van der Waals surface area contributed by atoms with Gasteiger partial charge in [0.1, 0.15) is 4.11 Å². The topological polar surface area (TPSA) is 20.2 Å². The quantitative estimate of drug-likeness (QED) is 0.501. The Labute approximate surface area is 51.9 Å². The van der Waals surface area contributed by atoms with E-state index in [1.54, 1.807) is 0 Å². The molecule has 0 bridgehead atoms. The van der Waals surface area contributed by atoms with Gasteiger partial charge in [0, 0.05) is 0 Å². The highest BCUT2D eigenvalue weighted by molar-refractivity contribution is 14.1. The molecule has 0 saturated heterocycles. The minimum absolute atomic E-state index is 0.178. The van der Waals surface area contributed by atoms with E-state index in [-0.39, 0.29) is 4.11 Å². The van der Waals surface area contributed by atoms with E-state index in [1.807, 2.05) is 36.4 Å². The molecule has 0 saturated carbocycles. The summed E-state index contributed by atoms with van der Waals surface area (Å²) in [5, 5.41) is 8.62. The molecule has 0 unspecified atom stereocenters. The van der Waals surface area contributed by atoms with E-state index in [9.17, 15) is 0 Å². The van der Waals surface area contributed by atoms with Crippen LogP contribution in [0.5, 0.6) is 0 Å². The fourth-order valence-corrected chi connectivity index (χ4v) is 0. The Hall–Kier alpha value is 0.690. The van der Waals surface area contributed by atoms with Crippen molar-refractivity contribution in [2.75, 3.05) is 0 Å². The highest BCUT2D eigenvalue weighted by Crippen LogP contribution is 2.06. The second kappa shape index (κ2) is 2.80. The molecule has 2 heteroatoms. The predicted molar refractivity (Wildman–Crippen MR) is 34.9 cm³/mol. The van der Waals surface area contributed by atoms with Gasteiger partial charge in [0.05, 0.1) is 0 Å². The summed E-state index contributed by atoms with van der Waals surface area (Å²) in [5.74, 6) is 0.394. The highest BCUT2D eigenvalue weighted by Gasteiger charge is 1.99. The van der Waals surface area contributed by atoms with Crippen LogP contribution in [0.1, 0.15) is 13.8 Å². The summed E-state index contributed by atoms with van der Waals surface area (Å²) in [6.45, 7) is 3.97. The number of aliphatic hydroxyl groups excluding tert-OH is 1. The Bertz CT molecular complexity index is 28.5. The van der Waals surface area contributed by atoms with Crippen LogP contribution >= 0.6 is 22.6 Å². The largest absolute Gasteiger partial charge is 0.382 e. The first kappa shape index (κ1) is 6.69. The van der Waals surface area contributed by atoms with Gasteiger partial charge in [0.2, 0.25) is 0 Å². The first-order valence-electron chi connectivity index (χ1n) is 1.96. The molecule has 1 nitrogen and oxygen atoms in total. The fourth-order valence-electron chi connectivity index (χ4n) is 0. The van der Waals surface area contributed by atoms with Crippen molar-refractivity contribution < 1.29 is 5.11 Å². The molecule has 0 fully saturated rings. The number of hydrogen-bond acceptors (Lipinski definition) is 1. The minimum Gasteiger partial charge on any atom is -0.382 e. The van der Waals surface area contributed by atoms with Crippen LogP contribution < -0.4 is 0 Å². The van der Waals surface area contributed by atoms with Crippen molar-refractivity contribution in [2.45, 2.75) is 18.0 Å². The monoisotopic (exact) mass is 200 g/mol. The highest BCUT2D eigenvalue weighted by atomic mass is 127. The van der Waals surface area contributed by atoms with Crippen molar-refractivity contribution in [1.29, 1.82) is 0 Å². The van der Waals surface area contributed by atoms with Crippen LogP contribution in [0.4, 0.5) is 0 Å². The van der Waals surface area contributed by atoms with E-state index < -0.39 is 0 Å². The molecule has 0 aliphatic rings. The number of alkyl halides is 1. The Balaban J connectivity index is 2.99. The lowest BCUT2D eigenvalue weighted by molar-refractivity contribution is 0.228. The van der Waals surface area contributed by atoms with Crippen molar-refractivity contribution in [1.82, 2.24) is 0 Å². The average Bonchev–Trinajstić information content (AvgIpc) is 1.36. The van der Waals surface area contributed by atoms with Gasteiger partial charge in [0.15, 0.2) is 0 Å². The van der Waals surface area contributed by atoms with Gasteiger partial charge in [-0.3, -0.25) is 0 Å². The lowest BCUT2D eigenvalue weighted by Gasteiger charge is -2.02. The first-order chi connectivity index (χ1) is 2.64. The average molecular weight is 200 g/mol. The van der Waals surface area contributed by atoms with Crippen LogP contribution in [0.25, 0.3) is 0 Å². The van der Waals surface area contributed by atoms with Crippen LogP contribution in [0.15, 0.2) is 0 Å². The number of aliphatic hydroxyl groups is 1. The van der Waals surface area contributed by atoms with Gasteiger partial charge >= 0.3 is 0 Å². The molecule has 0 rings (SSSR count). The maximum absolute atomic E-state index is 8.62. The van der Waals surface area contributed by atoms with Gasteiger partial charge < -0.3 is 5.11 Å². The van der Waals surface area contributed by atoms with Crippen LogP contribution in [0, 0.1) is 5.92 Å². The van der Waals surface area contributed by atoms with Gasteiger partial charge in [-0.25, -0.2) is 0 Å². The zero-order valence-corrected chi connectivity index (χ0v) is 6.14. The van der Waals surface area contributed by atoms with Gasteiger partial charge in [0.25, 0.3) is 0 Å². The van der Waals surface area contributed by atoms with E-state index in [1.165, 1.54) is 0 Å². The van der Waals surface area contributed by atoms with E-state index in [0.29, 0.717) is 5.92 Å². The van der Waals surface area contributed by atoms with Crippen molar-refractivity contribution in [3.8, 4) is 0 Å². The number of halogens is 1.